The van der Waals surface area contributed by atoms with Crippen molar-refractivity contribution in [1.29, 1.82) is 0 Å². The molecule has 1 amide bonds. The largest absolute Gasteiger partial charge is 0.497 e. The highest BCUT2D eigenvalue weighted by Crippen LogP contribution is 2.27. The van der Waals surface area contributed by atoms with Crippen LogP contribution in [-0.2, 0) is 4.79 Å². The third kappa shape index (κ3) is 5.68. The number of aromatic nitrogens is 2. The summed E-state index contributed by atoms with van der Waals surface area (Å²) in [6.07, 6.45) is 0. The molecule has 8 heteroatoms. The van der Waals surface area contributed by atoms with E-state index < -0.39 is 0 Å². The van der Waals surface area contributed by atoms with Crippen molar-refractivity contribution in [2.24, 2.45) is 0 Å². The van der Waals surface area contributed by atoms with Gasteiger partial charge >= 0.3 is 0 Å². The van der Waals surface area contributed by atoms with Gasteiger partial charge in [0.2, 0.25) is 5.82 Å². The van der Waals surface area contributed by atoms with Gasteiger partial charge in [-0.2, -0.15) is 4.98 Å². The molecule has 33 heavy (non-hydrogen) atoms. The molecular formula is C25H23N3O5. The first-order valence-electron chi connectivity index (χ1n) is 10.4. The van der Waals surface area contributed by atoms with E-state index in [1.165, 1.54) is 0 Å². The first-order valence-corrected chi connectivity index (χ1v) is 10.4. The first-order chi connectivity index (χ1) is 16.1. The molecule has 3 aromatic carbocycles. The fraction of sp³-hybridized carbons (Fsp3) is 0.160. The molecule has 0 fully saturated rings. The second-order valence-corrected chi connectivity index (χ2v) is 6.98. The summed E-state index contributed by atoms with van der Waals surface area (Å²) in [5.41, 5.74) is 2.13. The van der Waals surface area contributed by atoms with Crippen molar-refractivity contribution < 1.29 is 23.5 Å². The smallest absolute Gasteiger partial charge is 0.262 e. The molecule has 168 valence electrons. The summed E-state index contributed by atoms with van der Waals surface area (Å²) >= 11 is 0. The molecule has 0 saturated carbocycles. The number of ether oxygens (including phenoxy) is 3. The summed E-state index contributed by atoms with van der Waals surface area (Å²) < 4.78 is 21.7. The maximum atomic E-state index is 12.2. The van der Waals surface area contributed by atoms with Crippen LogP contribution in [0.5, 0.6) is 17.2 Å². The van der Waals surface area contributed by atoms with Crippen LogP contribution in [0.25, 0.3) is 22.8 Å². The van der Waals surface area contributed by atoms with Gasteiger partial charge in [0.15, 0.2) is 6.61 Å². The summed E-state index contributed by atoms with van der Waals surface area (Å²) in [5, 5.41) is 6.85. The molecular weight excluding hydrogens is 422 g/mol. The van der Waals surface area contributed by atoms with Crippen molar-refractivity contribution in [2.45, 2.75) is 6.92 Å². The molecule has 4 aromatic rings. The summed E-state index contributed by atoms with van der Waals surface area (Å²) in [6, 6.07) is 21.7. The van der Waals surface area contributed by atoms with E-state index in [4.69, 9.17) is 18.7 Å². The number of amides is 1. The van der Waals surface area contributed by atoms with Crippen LogP contribution in [0.3, 0.4) is 0 Å². The highest BCUT2D eigenvalue weighted by atomic mass is 16.5. The van der Waals surface area contributed by atoms with Gasteiger partial charge < -0.3 is 24.1 Å². The maximum absolute atomic E-state index is 12.2. The van der Waals surface area contributed by atoms with Gasteiger partial charge in [0.05, 0.1) is 13.7 Å². The fourth-order valence-corrected chi connectivity index (χ4v) is 3.09. The molecule has 0 bridgehead atoms. The standard InChI is InChI=1S/C25H23N3O5/c1-3-31-20-12-10-19(11-13-20)26-23(29)16-32-22-9-4-6-17(14-22)24-27-25(33-28-24)18-7-5-8-21(15-18)30-2/h4-15H,3,16H2,1-2H3,(H,26,29). The Morgan fingerprint density at radius 3 is 2.39 bits per heavy atom. The summed E-state index contributed by atoms with van der Waals surface area (Å²) in [4.78, 5) is 16.7. The Kier molecular flexibility index (Phi) is 6.84. The molecule has 0 radical (unpaired) electrons. The minimum Gasteiger partial charge on any atom is -0.497 e. The lowest BCUT2D eigenvalue weighted by atomic mass is 10.2. The minimum atomic E-state index is -0.274. The molecule has 0 aliphatic carbocycles. The number of nitrogens with one attached hydrogen (secondary N) is 1. The number of methoxy groups -OCH3 is 1. The van der Waals surface area contributed by atoms with Gasteiger partial charge in [0, 0.05) is 16.8 Å². The number of rotatable bonds is 9. The van der Waals surface area contributed by atoms with Crippen molar-refractivity contribution in [1.82, 2.24) is 10.1 Å². The number of anilines is 1. The van der Waals surface area contributed by atoms with Crippen molar-refractivity contribution in [3.05, 3.63) is 72.8 Å². The van der Waals surface area contributed by atoms with Crippen LogP contribution in [-0.4, -0.2) is 36.4 Å². The van der Waals surface area contributed by atoms with Gasteiger partial charge in [-0.25, -0.2) is 0 Å². The predicted molar refractivity (Wildman–Crippen MR) is 123 cm³/mol. The van der Waals surface area contributed by atoms with E-state index in [1.807, 2.05) is 37.3 Å². The van der Waals surface area contributed by atoms with Crippen LogP contribution < -0.4 is 19.5 Å². The molecule has 1 N–H and O–H groups in total. The van der Waals surface area contributed by atoms with E-state index in [9.17, 15) is 4.79 Å². The number of benzene rings is 3. The second-order valence-electron chi connectivity index (χ2n) is 6.98. The van der Waals surface area contributed by atoms with Gasteiger partial charge in [-0.3, -0.25) is 4.79 Å². The summed E-state index contributed by atoms with van der Waals surface area (Å²) in [5.74, 6) is 2.49. The van der Waals surface area contributed by atoms with Crippen molar-refractivity contribution in [2.75, 3.05) is 25.6 Å². The zero-order chi connectivity index (χ0) is 23.0. The van der Waals surface area contributed by atoms with Gasteiger partial charge in [0.1, 0.15) is 17.2 Å². The van der Waals surface area contributed by atoms with Crippen LogP contribution in [0.4, 0.5) is 5.69 Å². The molecule has 0 saturated heterocycles. The number of hydrogen-bond acceptors (Lipinski definition) is 7. The Hall–Kier alpha value is -4.33. The number of carbonyl (C=O) groups excluding carboxylic acids is 1. The normalized spacial score (nSPS) is 10.5. The number of carbonyl (C=O) groups is 1. The van der Waals surface area contributed by atoms with Gasteiger partial charge in [0.25, 0.3) is 11.8 Å². The first kappa shape index (κ1) is 21.9. The predicted octanol–water partition coefficient (Wildman–Crippen LogP) is 4.83. The molecule has 0 unspecified atom stereocenters. The van der Waals surface area contributed by atoms with Gasteiger partial charge in [-0.05, 0) is 61.5 Å². The topological polar surface area (TPSA) is 95.7 Å². The highest BCUT2D eigenvalue weighted by Gasteiger charge is 2.12. The quantitative estimate of drug-likeness (QED) is 0.394. The summed E-state index contributed by atoms with van der Waals surface area (Å²) in [6.45, 7) is 2.36. The second kappa shape index (κ2) is 10.3. The average molecular weight is 445 g/mol. The van der Waals surface area contributed by atoms with Crippen LogP contribution in [0.2, 0.25) is 0 Å². The molecule has 4 rings (SSSR count). The lowest BCUT2D eigenvalue weighted by molar-refractivity contribution is -0.118. The molecule has 8 nitrogen and oxygen atoms in total. The Balaban J connectivity index is 1.38. The van der Waals surface area contributed by atoms with Crippen LogP contribution in [0, 0.1) is 0 Å². The molecule has 0 aliphatic heterocycles. The fourth-order valence-electron chi connectivity index (χ4n) is 3.09. The molecule has 0 spiro atoms. The Bertz CT molecular complexity index is 1220. The number of hydrogen-bond donors (Lipinski definition) is 1. The van der Waals surface area contributed by atoms with E-state index >= 15 is 0 Å². The highest BCUT2D eigenvalue weighted by molar-refractivity contribution is 5.91. The lowest BCUT2D eigenvalue weighted by Gasteiger charge is -2.09. The zero-order valence-electron chi connectivity index (χ0n) is 18.3. The molecule has 0 atom stereocenters. The van der Waals surface area contributed by atoms with Gasteiger partial charge in [-0.1, -0.05) is 23.4 Å². The van der Waals surface area contributed by atoms with E-state index in [-0.39, 0.29) is 12.5 Å². The third-order valence-corrected chi connectivity index (χ3v) is 4.65. The molecule has 1 aromatic heterocycles. The monoisotopic (exact) mass is 445 g/mol. The van der Waals surface area contributed by atoms with Crippen LogP contribution in [0.1, 0.15) is 6.92 Å². The van der Waals surface area contributed by atoms with E-state index in [1.54, 1.807) is 49.6 Å². The third-order valence-electron chi connectivity index (χ3n) is 4.65. The summed E-state index contributed by atoms with van der Waals surface area (Å²) in [7, 11) is 1.60. The van der Waals surface area contributed by atoms with Crippen LogP contribution >= 0.6 is 0 Å². The lowest BCUT2D eigenvalue weighted by Crippen LogP contribution is -2.20. The molecule has 0 aliphatic rings. The Labute approximate surface area is 191 Å². The zero-order valence-corrected chi connectivity index (χ0v) is 18.3. The van der Waals surface area contributed by atoms with Gasteiger partial charge in [-0.15, -0.1) is 0 Å². The maximum Gasteiger partial charge on any atom is 0.262 e. The molecule has 1 heterocycles. The Morgan fingerprint density at radius 2 is 1.64 bits per heavy atom. The van der Waals surface area contributed by atoms with Crippen molar-refractivity contribution in [3.8, 4) is 40.1 Å². The van der Waals surface area contributed by atoms with E-state index in [2.05, 4.69) is 15.5 Å². The average Bonchev–Trinajstić information content (AvgIpc) is 3.35. The Morgan fingerprint density at radius 1 is 0.909 bits per heavy atom. The van der Waals surface area contributed by atoms with Crippen LogP contribution in [0.15, 0.2) is 77.3 Å². The minimum absolute atomic E-state index is 0.141. The van der Waals surface area contributed by atoms with Crippen molar-refractivity contribution in [3.63, 3.8) is 0 Å². The van der Waals surface area contributed by atoms with Crippen molar-refractivity contribution >= 4 is 11.6 Å². The van der Waals surface area contributed by atoms with E-state index in [0.717, 1.165) is 11.3 Å². The number of nitrogens with zero attached hydrogens (tertiary/aromatic N) is 2. The SMILES string of the molecule is CCOc1ccc(NC(=O)COc2cccc(-c3noc(-c4cccc(OC)c4)n3)c2)cc1. The van der Waals surface area contributed by atoms with E-state index in [0.29, 0.717) is 41.1 Å².